The van der Waals surface area contributed by atoms with E-state index in [-0.39, 0.29) is 5.75 Å². The van der Waals surface area contributed by atoms with Crippen molar-refractivity contribution in [2.75, 3.05) is 10.5 Å². The van der Waals surface area contributed by atoms with E-state index in [2.05, 4.69) is 55.0 Å². The van der Waals surface area contributed by atoms with Gasteiger partial charge in [-0.15, -0.1) is 0 Å². The lowest BCUT2D eigenvalue weighted by molar-refractivity contribution is 0.596. The van der Waals surface area contributed by atoms with E-state index in [1.807, 2.05) is 18.2 Å². The molecule has 0 radical (unpaired) electrons. The lowest BCUT2D eigenvalue weighted by atomic mass is 10.0. The molecular formula is C23H27NO2S. The van der Waals surface area contributed by atoms with Gasteiger partial charge in [0.15, 0.2) is 0 Å². The first kappa shape index (κ1) is 19.4. The molecular weight excluding hydrogens is 354 g/mol. The van der Waals surface area contributed by atoms with Gasteiger partial charge in [0.2, 0.25) is 10.0 Å². The van der Waals surface area contributed by atoms with Crippen LogP contribution in [0.1, 0.15) is 43.7 Å². The number of benzene rings is 1. The van der Waals surface area contributed by atoms with E-state index in [1.165, 1.54) is 22.3 Å². The van der Waals surface area contributed by atoms with Crippen molar-refractivity contribution < 1.29 is 8.42 Å². The number of para-hydroxylation sites is 1. The average molecular weight is 382 g/mol. The van der Waals surface area contributed by atoms with Crippen LogP contribution in [0.5, 0.6) is 0 Å². The lowest BCUT2D eigenvalue weighted by Gasteiger charge is -2.08. The number of unbranched alkanes of at least 4 members (excludes halogenated alkanes) is 1. The Morgan fingerprint density at radius 3 is 2.30 bits per heavy atom. The summed E-state index contributed by atoms with van der Waals surface area (Å²) < 4.78 is 27.0. The molecule has 0 bridgehead atoms. The molecule has 4 heteroatoms. The summed E-state index contributed by atoms with van der Waals surface area (Å²) in [6.07, 6.45) is 2.39. The highest BCUT2D eigenvalue weighted by molar-refractivity contribution is 7.92. The predicted molar refractivity (Wildman–Crippen MR) is 114 cm³/mol. The zero-order chi connectivity index (χ0) is 19.3. The molecule has 0 fully saturated rings. The van der Waals surface area contributed by atoms with Crippen LogP contribution in [0.4, 0.5) is 5.69 Å². The molecule has 1 N–H and O–H groups in total. The Kier molecular flexibility index (Phi) is 6.17. The molecule has 0 aliphatic heterocycles. The standard InChI is InChI=1S/C23H27NO2S/c1-18(2)19-11-12-21-14-13-20(23(21)16-15-19)8-6-7-17-27(25,26)24-22-9-4-3-5-10-22/h3-5,9-16,18,24H,6-8,17H2,1-2H3. The number of aryl methyl sites for hydroxylation is 1. The number of fused-ring (bicyclic) bond motifs is 1. The number of sulfonamides is 1. The fourth-order valence-corrected chi connectivity index (χ4v) is 4.45. The van der Waals surface area contributed by atoms with Crippen LogP contribution in [-0.2, 0) is 16.4 Å². The smallest absolute Gasteiger partial charge is 0.232 e. The van der Waals surface area contributed by atoms with Gasteiger partial charge in [-0.2, -0.15) is 0 Å². The van der Waals surface area contributed by atoms with Crippen LogP contribution in [0.3, 0.4) is 0 Å². The van der Waals surface area contributed by atoms with Gasteiger partial charge in [-0.05, 0) is 59.6 Å². The molecule has 3 rings (SSSR count). The van der Waals surface area contributed by atoms with Crippen molar-refractivity contribution in [3.63, 3.8) is 0 Å². The van der Waals surface area contributed by atoms with E-state index < -0.39 is 10.0 Å². The summed E-state index contributed by atoms with van der Waals surface area (Å²) in [6, 6.07) is 22.1. The molecule has 27 heavy (non-hydrogen) atoms. The number of hydrogen-bond acceptors (Lipinski definition) is 2. The van der Waals surface area contributed by atoms with Gasteiger partial charge in [-0.1, -0.05) is 68.4 Å². The minimum atomic E-state index is -3.29. The molecule has 1 aromatic carbocycles. The Labute approximate surface area is 162 Å². The molecule has 3 nitrogen and oxygen atoms in total. The summed E-state index contributed by atoms with van der Waals surface area (Å²) >= 11 is 0. The Morgan fingerprint density at radius 1 is 0.852 bits per heavy atom. The van der Waals surface area contributed by atoms with Crippen LogP contribution in [0, 0.1) is 0 Å². The zero-order valence-electron chi connectivity index (χ0n) is 16.0. The van der Waals surface area contributed by atoms with Gasteiger partial charge in [0.1, 0.15) is 0 Å². The Morgan fingerprint density at radius 2 is 1.56 bits per heavy atom. The van der Waals surface area contributed by atoms with Crippen molar-refractivity contribution >= 4 is 15.7 Å². The van der Waals surface area contributed by atoms with Gasteiger partial charge >= 0.3 is 0 Å². The fourth-order valence-electron chi connectivity index (χ4n) is 3.27. The molecule has 0 spiro atoms. The maximum absolute atomic E-state index is 12.2. The summed E-state index contributed by atoms with van der Waals surface area (Å²) in [6.45, 7) is 4.40. The Hall–Kier alpha value is -2.33. The largest absolute Gasteiger partial charge is 0.284 e. The van der Waals surface area contributed by atoms with E-state index in [1.54, 1.807) is 12.1 Å². The third kappa shape index (κ3) is 5.33. The van der Waals surface area contributed by atoms with Gasteiger partial charge in [0, 0.05) is 5.69 Å². The van der Waals surface area contributed by atoms with Crippen molar-refractivity contribution in [2.45, 2.75) is 39.0 Å². The highest BCUT2D eigenvalue weighted by atomic mass is 32.2. The number of rotatable bonds is 8. The van der Waals surface area contributed by atoms with E-state index in [0.717, 1.165) is 12.8 Å². The monoisotopic (exact) mass is 381 g/mol. The van der Waals surface area contributed by atoms with E-state index in [4.69, 9.17) is 0 Å². The quantitative estimate of drug-likeness (QED) is 0.510. The summed E-state index contributed by atoms with van der Waals surface area (Å²) in [5.41, 5.74) is 5.76. The highest BCUT2D eigenvalue weighted by Crippen LogP contribution is 2.29. The number of nitrogens with one attached hydrogen (secondary N) is 1. The highest BCUT2D eigenvalue weighted by Gasteiger charge is 2.12. The Balaban J connectivity index is 1.56. The molecule has 0 unspecified atom stereocenters. The normalized spacial score (nSPS) is 11.8. The van der Waals surface area contributed by atoms with Gasteiger partial charge in [-0.3, -0.25) is 4.72 Å². The van der Waals surface area contributed by atoms with Crippen LogP contribution in [-0.4, -0.2) is 14.2 Å². The predicted octanol–water partition coefficient (Wildman–Crippen LogP) is 5.68. The van der Waals surface area contributed by atoms with Crippen LogP contribution >= 0.6 is 0 Å². The molecule has 2 aliphatic rings. The van der Waals surface area contributed by atoms with Crippen LogP contribution in [0.15, 0.2) is 66.7 Å². The van der Waals surface area contributed by atoms with E-state index >= 15 is 0 Å². The fraction of sp³-hybridized carbons (Fsp3) is 0.304. The molecule has 0 saturated carbocycles. The minimum Gasteiger partial charge on any atom is -0.284 e. The first-order valence-electron chi connectivity index (χ1n) is 9.52. The minimum absolute atomic E-state index is 0.145. The number of hydrogen-bond donors (Lipinski definition) is 1. The van der Waals surface area contributed by atoms with Gasteiger partial charge in [-0.25, -0.2) is 8.42 Å². The van der Waals surface area contributed by atoms with Crippen molar-refractivity contribution in [1.82, 2.24) is 0 Å². The van der Waals surface area contributed by atoms with Gasteiger partial charge in [0.25, 0.3) is 0 Å². The maximum Gasteiger partial charge on any atom is 0.232 e. The van der Waals surface area contributed by atoms with Crippen LogP contribution < -0.4 is 4.72 Å². The summed E-state index contributed by atoms with van der Waals surface area (Å²) in [5, 5.41) is 0. The van der Waals surface area contributed by atoms with Crippen LogP contribution in [0.25, 0.3) is 11.1 Å². The molecule has 2 aliphatic carbocycles. The van der Waals surface area contributed by atoms with Crippen molar-refractivity contribution in [3.8, 4) is 11.1 Å². The van der Waals surface area contributed by atoms with Crippen molar-refractivity contribution in [1.29, 1.82) is 0 Å². The molecule has 142 valence electrons. The van der Waals surface area contributed by atoms with Crippen molar-refractivity contribution in [2.24, 2.45) is 0 Å². The van der Waals surface area contributed by atoms with Gasteiger partial charge in [0.05, 0.1) is 5.75 Å². The molecule has 1 aromatic rings. The summed E-state index contributed by atoms with van der Waals surface area (Å²) in [5.74, 6) is 0.651. The molecule has 0 aromatic heterocycles. The van der Waals surface area contributed by atoms with Crippen molar-refractivity contribution in [3.05, 3.63) is 77.9 Å². The second-order valence-electron chi connectivity index (χ2n) is 7.29. The summed E-state index contributed by atoms with van der Waals surface area (Å²) in [4.78, 5) is 0. The summed E-state index contributed by atoms with van der Waals surface area (Å²) in [7, 11) is -3.29. The van der Waals surface area contributed by atoms with E-state index in [0.29, 0.717) is 18.0 Å². The average Bonchev–Trinajstić information content (AvgIpc) is 2.88. The Bertz CT molecular complexity index is 949. The maximum atomic E-state index is 12.2. The zero-order valence-corrected chi connectivity index (χ0v) is 16.8. The first-order chi connectivity index (χ1) is 12.9. The third-order valence-electron chi connectivity index (χ3n) is 4.84. The number of anilines is 1. The topological polar surface area (TPSA) is 46.2 Å². The SMILES string of the molecule is CC(C)c1ccc2ccc(CCCCS(=O)(=O)Nc3ccccc3)c-2cc1. The third-order valence-corrected chi connectivity index (χ3v) is 6.21. The first-order valence-corrected chi connectivity index (χ1v) is 11.2. The van der Waals surface area contributed by atoms with Crippen LogP contribution in [0.2, 0.25) is 0 Å². The molecule has 0 saturated heterocycles. The molecule has 0 heterocycles. The molecule has 0 amide bonds. The lowest BCUT2D eigenvalue weighted by Crippen LogP contribution is -2.16. The second-order valence-corrected chi connectivity index (χ2v) is 9.13. The molecule has 0 atom stereocenters. The second kappa shape index (κ2) is 8.57. The van der Waals surface area contributed by atoms with E-state index in [9.17, 15) is 8.42 Å². The van der Waals surface area contributed by atoms with Gasteiger partial charge < -0.3 is 0 Å².